The van der Waals surface area contributed by atoms with Gasteiger partial charge in [0.15, 0.2) is 0 Å². The maximum Gasteiger partial charge on any atom is 0.410 e. The zero-order chi connectivity index (χ0) is 29.3. The Kier molecular flexibility index (Phi) is 8.28. The monoisotopic (exact) mass is 570 g/mol. The fourth-order valence-electron chi connectivity index (χ4n) is 5.56. The molecule has 0 N–H and O–H groups in total. The number of ether oxygens (including phenoxy) is 1. The van der Waals surface area contributed by atoms with E-state index in [0.717, 1.165) is 39.8 Å². The van der Waals surface area contributed by atoms with Crippen molar-refractivity contribution < 1.29 is 14.3 Å². The lowest BCUT2D eigenvalue weighted by atomic mass is 9.90. The third kappa shape index (κ3) is 6.68. The Bertz CT molecular complexity index is 1450. The van der Waals surface area contributed by atoms with Crippen molar-refractivity contribution in [3.05, 3.63) is 100 Å². The molecular weight excluding hydrogens is 532 g/mol. The molecule has 1 unspecified atom stereocenters. The van der Waals surface area contributed by atoms with E-state index in [1.807, 2.05) is 75.1 Å². The van der Waals surface area contributed by atoms with Gasteiger partial charge < -0.3 is 14.5 Å². The Hall–Kier alpha value is -3.57. The molecule has 1 fully saturated rings. The molecular formula is C35H39ClN2O3. The first-order chi connectivity index (χ1) is 19.5. The molecule has 1 aliphatic carbocycles. The Balaban J connectivity index is 1.56. The number of benzene rings is 3. The van der Waals surface area contributed by atoms with Crippen molar-refractivity contribution in [1.29, 1.82) is 0 Å². The number of halogens is 1. The lowest BCUT2D eigenvalue weighted by Gasteiger charge is -2.35. The average Bonchev–Trinajstić information content (AvgIpc) is 3.67. The number of hydrogen-bond acceptors (Lipinski definition) is 3. The molecule has 3 aromatic rings. The van der Waals surface area contributed by atoms with Crippen LogP contribution in [-0.4, -0.2) is 46.5 Å². The highest BCUT2D eigenvalue weighted by atomic mass is 35.5. The predicted octanol–water partition coefficient (Wildman–Crippen LogP) is 8.15. The van der Waals surface area contributed by atoms with E-state index in [4.69, 9.17) is 16.3 Å². The summed E-state index contributed by atoms with van der Waals surface area (Å²) in [7, 11) is 0. The maximum atomic E-state index is 14.6. The van der Waals surface area contributed by atoms with E-state index in [1.165, 1.54) is 0 Å². The second-order valence-electron chi connectivity index (χ2n) is 12.3. The van der Waals surface area contributed by atoms with E-state index in [2.05, 4.69) is 37.3 Å². The summed E-state index contributed by atoms with van der Waals surface area (Å²) in [6.45, 7) is 10.9. The van der Waals surface area contributed by atoms with Crippen molar-refractivity contribution in [2.45, 2.75) is 65.6 Å². The van der Waals surface area contributed by atoms with Crippen LogP contribution in [0.15, 0.2) is 78.4 Å². The summed E-state index contributed by atoms with van der Waals surface area (Å²) in [5.41, 5.74) is 6.27. The van der Waals surface area contributed by atoms with E-state index in [-0.39, 0.29) is 18.5 Å². The molecule has 41 heavy (non-hydrogen) atoms. The van der Waals surface area contributed by atoms with Crippen LogP contribution in [0.1, 0.15) is 57.2 Å². The summed E-state index contributed by atoms with van der Waals surface area (Å²) >= 11 is 6.63. The van der Waals surface area contributed by atoms with Gasteiger partial charge in [0, 0.05) is 29.7 Å². The fourth-order valence-corrected chi connectivity index (χ4v) is 5.85. The van der Waals surface area contributed by atoms with E-state index >= 15 is 0 Å². The second-order valence-corrected chi connectivity index (χ2v) is 12.7. The number of rotatable bonds is 6. The van der Waals surface area contributed by atoms with Crippen molar-refractivity contribution >= 4 is 29.2 Å². The predicted molar refractivity (Wildman–Crippen MR) is 166 cm³/mol. The van der Waals surface area contributed by atoms with Crippen molar-refractivity contribution in [2.75, 3.05) is 13.1 Å². The third-order valence-corrected chi connectivity index (χ3v) is 8.34. The zero-order valence-corrected chi connectivity index (χ0v) is 25.4. The largest absolute Gasteiger partial charge is 0.444 e. The molecule has 0 saturated heterocycles. The lowest BCUT2D eigenvalue weighted by molar-refractivity contribution is -0.128. The SMILES string of the molecule is Cc1cccc(Cl)c1CN(C(=O)C1=C(c2cccc(-c3ccccc3)c2)CCN(C(=O)OC(C)(C)C)C1)C1C[C@@H]1C. The molecule has 5 nitrogen and oxygen atoms in total. The van der Waals surface area contributed by atoms with Gasteiger partial charge in [0.1, 0.15) is 5.60 Å². The van der Waals surface area contributed by atoms with Gasteiger partial charge in [-0.15, -0.1) is 0 Å². The molecule has 0 aromatic heterocycles. The van der Waals surface area contributed by atoms with Gasteiger partial charge in [0.2, 0.25) is 0 Å². The minimum atomic E-state index is -0.619. The quantitative estimate of drug-likeness (QED) is 0.300. The molecule has 5 rings (SSSR count). The molecule has 2 atom stereocenters. The van der Waals surface area contributed by atoms with Gasteiger partial charge in [0.05, 0.1) is 6.54 Å². The number of hydrogen-bond donors (Lipinski definition) is 0. The molecule has 3 aromatic carbocycles. The van der Waals surface area contributed by atoms with Crippen LogP contribution >= 0.6 is 11.6 Å². The van der Waals surface area contributed by atoms with Crippen LogP contribution in [0.5, 0.6) is 0 Å². The Morgan fingerprint density at radius 2 is 1.63 bits per heavy atom. The maximum absolute atomic E-state index is 14.6. The fraction of sp³-hybridized carbons (Fsp3) is 0.371. The zero-order valence-electron chi connectivity index (χ0n) is 24.6. The number of aryl methyl sites for hydroxylation is 1. The number of carbonyl (C=O) groups excluding carboxylic acids is 2. The van der Waals surface area contributed by atoms with Crippen LogP contribution in [0, 0.1) is 12.8 Å². The van der Waals surface area contributed by atoms with Gasteiger partial charge in [-0.25, -0.2) is 4.79 Å². The van der Waals surface area contributed by atoms with Gasteiger partial charge in [-0.1, -0.05) is 79.2 Å². The smallest absolute Gasteiger partial charge is 0.410 e. The first-order valence-electron chi connectivity index (χ1n) is 14.4. The van der Waals surface area contributed by atoms with Gasteiger partial charge >= 0.3 is 6.09 Å². The summed E-state index contributed by atoms with van der Waals surface area (Å²) in [4.78, 5) is 31.4. The van der Waals surface area contributed by atoms with E-state index < -0.39 is 11.7 Å². The molecule has 2 amide bonds. The van der Waals surface area contributed by atoms with E-state index in [9.17, 15) is 9.59 Å². The summed E-state index contributed by atoms with van der Waals surface area (Å²) < 4.78 is 5.71. The lowest BCUT2D eigenvalue weighted by Crippen LogP contribution is -2.45. The van der Waals surface area contributed by atoms with Gasteiger partial charge in [-0.2, -0.15) is 0 Å². The highest BCUT2D eigenvalue weighted by molar-refractivity contribution is 6.31. The number of amides is 2. The standard InChI is InChI=1S/C35H39ClN2O3/c1-23-11-9-16-31(36)29(23)22-38(32-19-24(32)2)33(39)30-21-37(34(40)41-35(3,4)5)18-17-28(30)27-15-10-14-26(20-27)25-12-7-6-8-13-25/h6-16,20,24,32H,17-19,21-22H2,1-5H3/t24-,32?/m0/s1. The minimum absolute atomic E-state index is 0.0351. The minimum Gasteiger partial charge on any atom is -0.444 e. The first-order valence-corrected chi connectivity index (χ1v) is 14.8. The highest BCUT2D eigenvalue weighted by Gasteiger charge is 2.43. The van der Waals surface area contributed by atoms with Crippen molar-refractivity contribution in [3.63, 3.8) is 0 Å². The van der Waals surface area contributed by atoms with E-state index in [1.54, 1.807) is 4.90 Å². The first kappa shape index (κ1) is 28.9. The molecule has 1 heterocycles. The van der Waals surface area contributed by atoms with Gasteiger partial charge in [0.25, 0.3) is 5.91 Å². The average molecular weight is 571 g/mol. The molecule has 1 aliphatic heterocycles. The molecule has 1 saturated carbocycles. The number of nitrogens with zero attached hydrogens (tertiary/aromatic N) is 2. The summed E-state index contributed by atoms with van der Waals surface area (Å²) in [5.74, 6) is 0.379. The van der Waals surface area contributed by atoms with Gasteiger partial charge in [-0.3, -0.25) is 4.79 Å². The molecule has 214 valence electrons. The Labute approximate surface area is 248 Å². The van der Waals surface area contributed by atoms with Crippen LogP contribution in [0.25, 0.3) is 16.7 Å². The molecule has 0 radical (unpaired) electrons. The molecule has 0 spiro atoms. The van der Waals surface area contributed by atoms with Gasteiger partial charge in [-0.05, 0) is 92.0 Å². The molecule has 2 aliphatic rings. The van der Waals surface area contributed by atoms with Crippen LogP contribution in [0.4, 0.5) is 4.79 Å². The second kappa shape index (κ2) is 11.7. The Morgan fingerprint density at radius 3 is 2.29 bits per heavy atom. The summed E-state index contributed by atoms with van der Waals surface area (Å²) in [6.07, 6.45) is 1.13. The topological polar surface area (TPSA) is 49.9 Å². The normalized spacial score (nSPS) is 18.7. The van der Waals surface area contributed by atoms with E-state index in [0.29, 0.717) is 36.0 Å². The van der Waals surface area contributed by atoms with Crippen molar-refractivity contribution in [3.8, 4) is 11.1 Å². The third-order valence-electron chi connectivity index (χ3n) is 7.98. The highest BCUT2D eigenvalue weighted by Crippen LogP contribution is 2.40. The van der Waals surface area contributed by atoms with Crippen LogP contribution in [-0.2, 0) is 16.1 Å². The summed E-state index contributed by atoms with van der Waals surface area (Å²) in [5, 5.41) is 0.667. The van der Waals surface area contributed by atoms with Crippen LogP contribution < -0.4 is 0 Å². The summed E-state index contributed by atoms with van der Waals surface area (Å²) in [6, 6.07) is 24.6. The van der Waals surface area contributed by atoms with Crippen molar-refractivity contribution in [2.24, 2.45) is 5.92 Å². The van der Waals surface area contributed by atoms with Crippen LogP contribution in [0.3, 0.4) is 0 Å². The molecule has 6 heteroatoms. The van der Waals surface area contributed by atoms with Crippen molar-refractivity contribution in [1.82, 2.24) is 9.80 Å². The molecule has 0 bridgehead atoms. The Morgan fingerprint density at radius 1 is 0.976 bits per heavy atom. The van der Waals surface area contributed by atoms with Crippen LogP contribution in [0.2, 0.25) is 5.02 Å². The number of carbonyl (C=O) groups is 2.